The lowest BCUT2D eigenvalue weighted by molar-refractivity contribution is 0.0477. The predicted octanol–water partition coefficient (Wildman–Crippen LogP) is 2.03. The number of ether oxygens (including phenoxy) is 1. The molecule has 23 heavy (non-hydrogen) atoms. The summed E-state index contributed by atoms with van der Waals surface area (Å²) in [5, 5.41) is 0.128. The van der Waals surface area contributed by atoms with Crippen LogP contribution in [0.1, 0.15) is 20.9 Å². The Labute approximate surface area is 139 Å². The fourth-order valence-corrected chi connectivity index (χ4v) is 3.26. The SMILES string of the molecule is Cc1nc(NS(=O)(=O)N(C)C)sc1C(=O)OCc1ccccc1. The zero-order chi connectivity index (χ0) is 17.0. The molecule has 0 aliphatic carbocycles. The minimum Gasteiger partial charge on any atom is -0.457 e. The van der Waals surface area contributed by atoms with Crippen molar-refractivity contribution in [3.63, 3.8) is 0 Å². The molecule has 1 aromatic heterocycles. The van der Waals surface area contributed by atoms with E-state index in [2.05, 4.69) is 9.71 Å². The second-order valence-electron chi connectivity index (χ2n) is 4.88. The molecule has 0 bridgehead atoms. The summed E-state index contributed by atoms with van der Waals surface area (Å²) in [5.41, 5.74) is 1.29. The maximum absolute atomic E-state index is 12.1. The fourth-order valence-electron chi connectivity index (χ4n) is 1.62. The molecule has 0 saturated heterocycles. The molecule has 1 N–H and O–H groups in total. The number of aryl methyl sites for hydroxylation is 1. The molecule has 2 rings (SSSR count). The first-order chi connectivity index (χ1) is 10.8. The number of nitrogens with zero attached hydrogens (tertiary/aromatic N) is 2. The Bertz CT molecular complexity index is 786. The monoisotopic (exact) mass is 355 g/mol. The molecule has 9 heteroatoms. The number of carbonyl (C=O) groups is 1. The van der Waals surface area contributed by atoms with Crippen LogP contribution in [0.4, 0.5) is 5.13 Å². The van der Waals surface area contributed by atoms with Gasteiger partial charge in [-0.1, -0.05) is 41.7 Å². The second kappa shape index (κ2) is 7.07. The molecule has 1 heterocycles. The zero-order valence-electron chi connectivity index (χ0n) is 12.9. The third-order valence-corrected chi connectivity index (χ3v) is 5.49. The molecule has 1 aromatic carbocycles. The molecule has 2 aromatic rings. The van der Waals surface area contributed by atoms with Crippen LogP contribution in [0.25, 0.3) is 0 Å². The number of thiazole rings is 1. The van der Waals surface area contributed by atoms with Crippen molar-refractivity contribution in [1.29, 1.82) is 0 Å². The van der Waals surface area contributed by atoms with Gasteiger partial charge in [-0.15, -0.1) is 0 Å². The summed E-state index contributed by atoms with van der Waals surface area (Å²) in [6.45, 7) is 1.78. The average Bonchev–Trinajstić information content (AvgIpc) is 2.85. The van der Waals surface area contributed by atoms with Crippen molar-refractivity contribution in [3.8, 4) is 0 Å². The van der Waals surface area contributed by atoms with E-state index in [0.29, 0.717) is 5.69 Å². The highest BCUT2D eigenvalue weighted by Gasteiger charge is 2.21. The van der Waals surface area contributed by atoms with Gasteiger partial charge in [0.25, 0.3) is 0 Å². The van der Waals surface area contributed by atoms with E-state index >= 15 is 0 Å². The van der Waals surface area contributed by atoms with Crippen LogP contribution >= 0.6 is 11.3 Å². The molecule has 0 unspecified atom stereocenters. The fraction of sp³-hybridized carbons (Fsp3) is 0.286. The van der Waals surface area contributed by atoms with Crippen molar-refractivity contribution in [3.05, 3.63) is 46.5 Å². The van der Waals surface area contributed by atoms with E-state index in [9.17, 15) is 13.2 Å². The van der Waals surface area contributed by atoms with Crippen LogP contribution in [0.3, 0.4) is 0 Å². The van der Waals surface area contributed by atoms with E-state index in [0.717, 1.165) is 21.2 Å². The number of anilines is 1. The highest BCUT2D eigenvalue weighted by atomic mass is 32.2. The molecule has 0 radical (unpaired) electrons. The molecular formula is C14H17N3O4S2. The van der Waals surface area contributed by atoms with Gasteiger partial charge < -0.3 is 4.74 Å². The van der Waals surface area contributed by atoms with E-state index in [4.69, 9.17) is 4.74 Å². The first kappa shape index (κ1) is 17.4. The van der Waals surface area contributed by atoms with Crippen LogP contribution in [0.5, 0.6) is 0 Å². The minimum absolute atomic E-state index is 0.128. The lowest BCUT2D eigenvalue weighted by Gasteiger charge is -2.10. The third-order valence-electron chi connectivity index (χ3n) is 2.89. The number of benzene rings is 1. The lowest BCUT2D eigenvalue weighted by Crippen LogP contribution is -2.28. The van der Waals surface area contributed by atoms with Crippen LogP contribution in [0.2, 0.25) is 0 Å². The number of aromatic nitrogens is 1. The number of hydrogen-bond acceptors (Lipinski definition) is 6. The number of carbonyl (C=O) groups excluding carboxylic acids is 1. The van der Waals surface area contributed by atoms with Crippen molar-refractivity contribution in [2.75, 3.05) is 18.8 Å². The molecule has 0 aliphatic rings. The quantitative estimate of drug-likeness (QED) is 0.801. The van der Waals surface area contributed by atoms with Gasteiger partial charge in [0.2, 0.25) is 0 Å². The van der Waals surface area contributed by atoms with Gasteiger partial charge in [-0.25, -0.2) is 14.5 Å². The van der Waals surface area contributed by atoms with Gasteiger partial charge in [0.1, 0.15) is 11.5 Å². The maximum atomic E-state index is 12.1. The van der Waals surface area contributed by atoms with Gasteiger partial charge in [-0.2, -0.15) is 12.7 Å². The van der Waals surface area contributed by atoms with E-state index in [-0.39, 0.29) is 16.6 Å². The van der Waals surface area contributed by atoms with Crippen molar-refractivity contribution in [1.82, 2.24) is 9.29 Å². The van der Waals surface area contributed by atoms with E-state index in [1.807, 2.05) is 30.3 Å². The summed E-state index contributed by atoms with van der Waals surface area (Å²) < 4.78 is 32.1. The molecule has 7 nitrogen and oxygen atoms in total. The Morgan fingerprint density at radius 3 is 2.57 bits per heavy atom. The molecule has 0 atom stereocenters. The van der Waals surface area contributed by atoms with Gasteiger partial charge >= 0.3 is 16.2 Å². The van der Waals surface area contributed by atoms with Gasteiger partial charge in [0.15, 0.2) is 5.13 Å². The standard InChI is InChI=1S/C14H17N3O4S2/c1-10-12(13(18)21-9-11-7-5-4-6-8-11)22-14(15-10)16-23(19,20)17(2)3/h4-8H,9H2,1-3H3,(H,15,16). The van der Waals surface area contributed by atoms with E-state index < -0.39 is 16.2 Å². The maximum Gasteiger partial charge on any atom is 0.350 e. The average molecular weight is 355 g/mol. The van der Waals surface area contributed by atoms with Crippen LogP contribution in [-0.4, -0.2) is 37.8 Å². The minimum atomic E-state index is -3.66. The summed E-state index contributed by atoms with van der Waals surface area (Å²) in [4.78, 5) is 16.4. The van der Waals surface area contributed by atoms with Gasteiger partial charge in [-0.05, 0) is 12.5 Å². The van der Waals surface area contributed by atoms with E-state index in [1.54, 1.807) is 6.92 Å². The predicted molar refractivity (Wildman–Crippen MR) is 88.6 cm³/mol. The number of esters is 1. The Morgan fingerprint density at radius 1 is 1.30 bits per heavy atom. The molecule has 0 aliphatic heterocycles. The van der Waals surface area contributed by atoms with Crippen molar-refractivity contribution in [2.24, 2.45) is 0 Å². The second-order valence-corrected chi connectivity index (χ2v) is 7.77. The largest absolute Gasteiger partial charge is 0.457 e. The zero-order valence-corrected chi connectivity index (χ0v) is 14.6. The van der Waals surface area contributed by atoms with Gasteiger partial charge in [0.05, 0.1) is 5.69 Å². The van der Waals surface area contributed by atoms with Crippen molar-refractivity contribution >= 4 is 32.6 Å². The molecule has 0 amide bonds. The summed E-state index contributed by atoms with van der Waals surface area (Å²) in [6, 6.07) is 9.29. The number of rotatable bonds is 6. The Hall–Kier alpha value is -1.97. The Balaban J connectivity index is 2.07. The lowest BCUT2D eigenvalue weighted by atomic mass is 10.2. The van der Waals surface area contributed by atoms with Crippen molar-refractivity contribution in [2.45, 2.75) is 13.5 Å². The highest BCUT2D eigenvalue weighted by molar-refractivity contribution is 7.90. The first-order valence-corrected chi connectivity index (χ1v) is 8.94. The summed E-state index contributed by atoms with van der Waals surface area (Å²) in [6.07, 6.45) is 0. The number of nitrogens with one attached hydrogen (secondary N) is 1. The molecular weight excluding hydrogens is 338 g/mol. The first-order valence-electron chi connectivity index (χ1n) is 6.68. The molecule has 0 fully saturated rings. The Morgan fingerprint density at radius 2 is 1.96 bits per heavy atom. The van der Waals surface area contributed by atoms with E-state index in [1.165, 1.54) is 14.1 Å². The highest BCUT2D eigenvalue weighted by Crippen LogP contribution is 2.24. The molecule has 0 saturated carbocycles. The van der Waals surface area contributed by atoms with Gasteiger partial charge in [0, 0.05) is 14.1 Å². The van der Waals surface area contributed by atoms with Gasteiger partial charge in [-0.3, -0.25) is 0 Å². The summed E-state index contributed by atoms with van der Waals surface area (Å²) >= 11 is 0.944. The van der Waals surface area contributed by atoms with Crippen LogP contribution in [0, 0.1) is 6.92 Å². The molecule has 0 spiro atoms. The van der Waals surface area contributed by atoms with Crippen LogP contribution in [-0.2, 0) is 21.6 Å². The smallest absolute Gasteiger partial charge is 0.350 e. The molecule has 124 valence electrons. The number of hydrogen-bond donors (Lipinski definition) is 1. The summed E-state index contributed by atoms with van der Waals surface area (Å²) in [7, 11) is -0.855. The third kappa shape index (κ3) is 4.50. The Kier molecular flexibility index (Phi) is 5.34. The summed E-state index contributed by atoms with van der Waals surface area (Å²) in [5.74, 6) is -0.529. The van der Waals surface area contributed by atoms with Crippen LogP contribution in [0.15, 0.2) is 30.3 Å². The van der Waals surface area contributed by atoms with Crippen molar-refractivity contribution < 1.29 is 17.9 Å². The normalized spacial score (nSPS) is 11.5. The topological polar surface area (TPSA) is 88.6 Å². The van der Waals surface area contributed by atoms with Crippen LogP contribution < -0.4 is 4.72 Å².